The third kappa shape index (κ3) is 9.79. The quantitative estimate of drug-likeness (QED) is 0.325. The van der Waals surface area contributed by atoms with Crippen LogP contribution in [0.25, 0.3) is 0 Å². The molecule has 0 amide bonds. The molecule has 1 aliphatic rings. The number of unbranched alkanes of at least 4 members (excludes halogenated alkanes) is 1. The Morgan fingerprint density at radius 1 is 1.13 bits per heavy atom. The molecule has 2 N–H and O–H groups in total. The number of nitrogens with zero attached hydrogens (tertiary/aromatic N) is 1. The fraction of sp³-hybridized carbons (Fsp3) is 0.941. The number of ether oxygens (including phenoxy) is 3. The Hall–Kier alpha value is -0.850. The van der Waals surface area contributed by atoms with Gasteiger partial charge in [-0.25, -0.2) is 0 Å². The molecule has 1 fully saturated rings. The summed E-state index contributed by atoms with van der Waals surface area (Å²) in [7, 11) is 0. The van der Waals surface area contributed by atoms with E-state index in [-0.39, 0.29) is 5.60 Å². The molecule has 0 bridgehead atoms. The number of guanidine groups is 1. The molecule has 1 rings (SSSR count). The van der Waals surface area contributed by atoms with Crippen molar-refractivity contribution < 1.29 is 14.2 Å². The van der Waals surface area contributed by atoms with Gasteiger partial charge in [-0.3, -0.25) is 4.99 Å². The third-order valence-electron chi connectivity index (χ3n) is 3.77. The Morgan fingerprint density at radius 2 is 1.91 bits per heavy atom. The van der Waals surface area contributed by atoms with Gasteiger partial charge in [-0.05, 0) is 33.1 Å². The molecule has 1 saturated heterocycles. The van der Waals surface area contributed by atoms with E-state index in [1.165, 1.54) is 6.42 Å². The van der Waals surface area contributed by atoms with Crippen molar-refractivity contribution in [3.63, 3.8) is 0 Å². The molecule has 0 aliphatic carbocycles. The number of aliphatic imine (C=N–C) groups is 1. The molecule has 0 aromatic carbocycles. The first-order valence-electron chi connectivity index (χ1n) is 9.02. The second-order valence-corrected chi connectivity index (χ2v) is 6.10. The Morgan fingerprint density at radius 3 is 2.57 bits per heavy atom. The topological polar surface area (TPSA) is 64.1 Å². The van der Waals surface area contributed by atoms with Crippen molar-refractivity contribution in [3.05, 3.63) is 0 Å². The fourth-order valence-electron chi connectivity index (χ4n) is 2.36. The SMILES string of the molecule is CCCCOCCOCCNC(=NCC1(C)CCCO1)NCC. The third-order valence-corrected chi connectivity index (χ3v) is 3.77. The summed E-state index contributed by atoms with van der Waals surface area (Å²) in [5.41, 5.74) is -0.103. The summed E-state index contributed by atoms with van der Waals surface area (Å²) in [6.45, 7) is 12.3. The molecule has 23 heavy (non-hydrogen) atoms. The van der Waals surface area contributed by atoms with Crippen LogP contribution in [0.15, 0.2) is 4.99 Å². The first-order chi connectivity index (χ1) is 11.2. The van der Waals surface area contributed by atoms with Gasteiger partial charge in [-0.15, -0.1) is 0 Å². The van der Waals surface area contributed by atoms with Gasteiger partial charge >= 0.3 is 0 Å². The molecule has 136 valence electrons. The van der Waals surface area contributed by atoms with Gasteiger partial charge in [0.15, 0.2) is 5.96 Å². The van der Waals surface area contributed by atoms with E-state index in [4.69, 9.17) is 14.2 Å². The van der Waals surface area contributed by atoms with Crippen molar-refractivity contribution in [2.24, 2.45) is 4.99 Å². The van der Waals surface area contributed by atoms with Gasteiger partial charge < -0.3 is 24.8 Å². The average molecular weight is 329 g/mol. The van der Waals surface area contributed by atoms with Crippen LogP contribution in [-0.4, -0.2) is 64.2 Å². The van der Waals surface area contributed by atoms with Crippen molar-refractivity contribution in [1.82, 2.24) is 10.6 Å². The molecule has 1 heterocycles. The number of hydrogen-bond donors (Lipinski definition) is 2. The van der Waals surface area contributed by atoms with Crippen LogP contribution < -0.4 is 10.6 Å². The lowest BCUT2D eigenvalue weighted by molar-refractivity contribution is 0.0283. The molecule has 1 atom stereocenters. The lowest BCUT2D eigenvalue weighted by atomic mass is 10.0. The second-order valence-electron chi connectivity index (χ2n) is 6.10. The first-order valence-corrected chi connectivity index (χ1v) is 9.02. The van der Waals surface area contributed by atoms with Crippen LogP contribution in [0.2, 0.25) is 0 Å². The summed E-state index contributed by atoms with van der Waals surface area (Å²) in [4.78, 5) is 4.62. The Labute approximate surface area is 141 Å². The van der Waals surface area contributed by atoms with Gasteiger partial charge in [-0.2, -0.15) is 0 Å². The highest BCUT2D eigenvalue weighted by atomic mass is 16.5. The molecule has 1 aliphatic heterocycles. The van der Waals surface area contributed by atoms with Gasteiger partial charge in [0, 0.05) is 26.3 Å². The number of rotatable bonds is 12. The molecule has 0 radical (unpaired) electrons. The highest BCUT2D eigenvalue weighted by molar-refractivity contribution is 5.79. The predicted molar refractivity (Wildman–Crippen MR) is 94.1 cm³/mol. The minimum Gasteiger partial charge on any atom is -0.379 e. The predicted octanol–water partition coefficient (Wildman–Crippen LogP) is 1.94. The van der Waals surface area contributed by atoms with Crippen LogP contribution in [0.1, 0.15) is 46.5 Å². The monoisotopic (exact) mass is 329 g/mol. The largest absolute Gasteiger partial charge is 0.379 e. The van der Waals surface area contributed by atoms with Crippen molar-refractivity contribution in [3.8, 4) is 0 Å². The molecule has 0 aromatic heterocycles. The van der Waals surface area contributed by atoms with E-state index < -0.39 is 0 Å². The van der Waals surface area contributed by atoms with Gasteiger partial charge in [0.25, 0.3) is 0 Å². The molecular formula is C17H35N3O3. The maximum atomic E-state index is 5.77. The van der Waals surface area contributed by atoms with Crippen molar-refractivity contribution in [2.75, 3.05) is 52.7 Å². The zero-order valence-electron chi connectivity index (χ0n) is 15.2. The van der Waals surface area contributed by atoms with E-state index >= 15 is 0 Å². The van der Waals surface area contributed by atoms with Crippen molar-refractivity contribution >= 4 is 5.96 Å². The Bertz CT molecular complexity index is 318. The van der Waals surface area contributed by atoms with Gasteiger partial charge in [0.1, 0.15) is 0 Å². The van der Waals surface area contributed by atoms with E-state index in [2.05, 4.69) is 36.4 Å². The molecule has 0 spiro atoms. The highest BCUT2D eigenvalue weighted by Gasteiger charge is 2.29. The Kier molecular flexibility index (Phi) is 11.0. The highest BCUT2D eigenvalue weighted by Crippen LogP contribution is 2.24. The first kappa shape index (κ1) is 20.2. The van der Waals surface area contributed by atoms with E-state index in [1.807, 2.05) is 0 Å². The fourth-order valence-corrected chi connectivity index (χ4v) is 2.36. The second kappa shape index (κ2) is 12.6. The van der Waals surface area contributed by atoms with Crippen molar-refractivity contribution in [1.29, 1.82) is 0 Å². The minimum absolute atomic E-state index is 0.103. The molecular weight excluding hydrogens is 294 g/mol. The van der Waals surface area contributed by atoms with Crippen LogP contribution in [0.5, 0.6) is 0 Å². The molecule has 0 aromatic rings. The summed E-state index contributed by atoms with van der Waals surface area (Å²) >= 11 is 0. The maximum absolute atomic E-state index is 5.77. The van der Waals surface area contributed by atoms with E-state index in [0.717, 1.165) is 51.5 Å². The Balaban J connectivity index is 2.10. The lowest BCUT2D eigenvalue weighted by Crippen LogP contribution is -2.40. The standard InChI is InChI=1S/C17H35N3O3/c1-4-6-10-21-13-14-22-12-9-19-16(18-5-2)20-15-17(3)8-7-11-23-17/h4-15H2,1-3H3,(H2,18,19,20). The zero-order chi connectivity index (χ0) is 16.8. The summed E-state index contributed by atoms with van der Waals surface area (Å²) in [5, 5.41) is 6.54. The maximum Gasteiger partial charge on any atom is 0.191 e. The number of hydrogen-bond acceptors (Lipinski definition) is 4. The van der Waals surface area contributed by atoms with Gasteiger partial charge in [-0.1, -0.05) is 13.3 Å². The summed E-state index contributed by atoms with van der Waals surface area (Å²) < 4.78 is 16.8. The van der Waals surface area contributed by atoms with E-state index in [1.54, 1.807) is 0 Å². The molecule has 6 nitrogen and oxygen atoms in total. The van der Waals surface area contributed by atoms with Crippen molar-refractivity contribution in [2.45, 2.75) is 52.1 Å². The summed E-state index contributed by atoms with van der Waals surface area (Å²) in [6.07, 6.45) is 4.50. The van der Waals surface area contributed by atoms with Crippen LogP contribution in [0.3, 0.4) is 0 Å². The number of nitrogens with one attached hydrogen (secondary N) is 2. The molecule has 0 saturated carbocycles. The average Bonchev–Trinajstić information content (AvgIpc) is 2.98. The van der Waals surface area contributed by atoms with Crippen LogP contribution in [-0.2, 0) is 14.2 Å². The van der Waals surface area contributed by atoms with Crippen LogP contribution >= 0.6 is 0 Å². The smallest absolute Gasteiger partial charge is 0.191 e. The zero-order valence-corrected chi connectivity index (χ0v) is 15.2. The molecule has 6 heteroatoms. The van der Waals surface area contributed by atoms with Gasteiger partial charge in [0.2, 0.25) is 0 Å². The van der Waals surface area contributed by atoms with Gasteiger partial charge in [0.05, 0.1) is 32.0 Å². The molecule has 1 unspecified atom stereocenters. The lowest BCUT2D eigenvalue weighted by Gasteiger charge is -2.21. The summed E-state index contributed by atoms with van der Waals surface area (Å²) in [5.74, 6) is 0.826. The van der Waals surface area contributed by atoms with E-state index in [9.17, 15) is 0 Å². The minimum atomic E-state index is -0.103. The van der Waals surface area contributed by atoms with E-state index in [0.29, 0.717) is 26.4 Å². The normalized spacial score (nSPS) is 21.6. The van der Waals surface area contributed by atoms with Crippen LogP contribution in [0.4, 0.5) is 0 Å². The summed E-state index contributed by atoms with van der Waals surface area (Å²) in [6, 6.07) is 0. The van der Waals surface area contributed by atoms with Crippen LogP contribution in [0, 0.1) is 0 Å².